The SMILES string of the molecule is c1ccc(-c2cc(-c3cccc(-c4ccc(-c5cc6c(cc5-c5cccc7ccccc57)-c5ccccc5C6(c5ccccc5)c5ccccc5)cc4)c3)nc(-c3ccccc3)n2)cc1. The molecule has 1 aromatic heterocycles. The minimum Gasteiger partial charge on any atom is -0.228 e. The quantitative estimate of drug-likeness (QED) is 0.152. The third-order valence-corrected chi connectivity index (χ3v) is 13.2. The first-order valence-electron chi connectivity index (χ1n) is 22.3. The molecule has 0 saturated carbocycles. The first kappa shape index (κ1) is 38.2. The first-order chi connectivity index (χ1) is 32.2. The fourth-order valence-electron chi connectivity index (χ4n) is 10.2. The van der Waals surface area contributed by atoms with Gasteiger partial charge in [-0.1, -0.05) is 231 Å². The maximum absolute atomic E-state index is 5.14. The Morgan fingerprint density at radius 1 is 0.262 bits per heavy atom. The number of hydrogen-bond donors (Lipinski definition) is 0. The number of rotatable bonds is 8. The van der Waals surface area contributed by atoms with Gasteiger partial charge in [0.1, 0.15) is 0 Å². The van der Waals surface area contributed by atoms with Gasteiger partial charge in [0.2, 0.25) is 0 Å². The van der Waals surface area contributed by atoms with Crippen LogP contribution in [0.1, 0.15) is 22.3 Å². The van der Waals surface area contributed by atoms with Gasteiger partial charge in [0.05, 0.1) is 16.8 Å². The zero-order chi connectivity index (χ0) is 43.2. The highest BCUT2D eigenvalue weighted by atomic mass is 14.9. The van der Waals surface area contributed by atoms with Crippen LogP contribution >= 0.6 is 0 Å². The summed E-state index contributed by atoms with van der Waals surface area (Å²) < 4.78 is 0. The van der Waals surface area contributed by atoms with E-state index in [0.717, 1.165) is 44.8 Å². The van der Waals surface area contributed by atoms with E-state index in [1.54, 1.807) is 0 Å². The van der Waals surface area contributed by atoms with Crippen LogP contribution in [0.4, 0.5) is 0 Å². The third-order valence-electron chi connectivity index (χ3n) is 13.2. The molecule has 1 aliphatic carbocycles. The van der Waals surface area contributed by atoms with Gasteiger partial charge in [0, 0.05) is 16.7 Å². The molecule has 10 aromatic carbocycles. The van der Waals surface area contributed by atoms with Crippen molar-refractivity contribution >= 4 is 10.8 Å². The Bertz CT molecular complexity index is 3400. The lowest BCUT2D eigenvalue weighted by molar-refractivity contribution is 0.769. The van der Waals surface area contributed by atoms with Crippen LogP contribution < -0.4 is 0 Å². The molecule has 0 unspecified atom stereocenters. The topological polar surface area (TPSA) is 25.8 Å². The monoisotopic (exact) mass is 826 g/mol. The predicted octanol–water partition coefficient (Wildman–Crippen LogP) is 16.0. The zero-order valence-corrected chi connectivity index (χ0v) is 35.6. The molecule has 0 saturated heterocycles. The van der Waals surface area contributed by atoms with E-state index < -0.39 is 5.41 Å². The second kappa shape index (κ2) is 16.0. The molecule has 12 rings (SSSR count). The van der Waals surface area contributed by atoms with Crippen LogP contribution in [-0.4, -0.2) is 9.97 Å². The van der Waals surface area contributed by atoms with Crippen molar-refractivity contribution < 1.29 is 0 Å². The highest BCUT2D eigenvalue weighted by Crippen LogP contribution is 2.58. The molecule has 0 fully saturated rings. The Morgan fingerprint density at radius 2 is 0.785 bits per heavy atom. The van der Waals surface area contributed by atoms with E-state index in [2.05, 4.69) is 231 Å². The largest absolute Gasteiger partial charge is 0.228 e. The van der Waals surface area contributed by atoms with E-state index in [4.69, 9.17) is 9.97 Å². The Hall–Kier alpha value is -8.46. The standard InChI is InChI=1S/C63H42N2/c1-5-20-46(21-6-1)60-42-61(65-62(64-60)47-22-7-2-8-23-47)49-26-17-25-48(39-49)43-35-37-45(38-36-43)55-41-59-57(40-56(55)53-33-18-24-44-19-13-14-31-52(44)53)54-32-15-16-34-58(54)63(59,50-27-9-3-10-28-50)51-29-11-4-12-30-51/h1-42H. The second-order valence-electron chi connectivity index (χ2n) is 16.8. The number of benzene rings is 10. The molecular formula is C63H42N2. The van der Waals surface area contributed by atoms with Gasteiger partial charge in [-0.25, -0.2) is 9.97 Å². The maximum Gasteiger partial charge on any atom is 0.160 e. The summed E-state index contributed by atoms with van der Waals surface area (Å²) in [6, 6.07) is 92.2. The van der Waals surface area contributed by atoms with E-state index in [-0.39, 0.29) is 0 Å². The van der Waals surface area contributed by atoms with E-state index in [9.17, 15) is 0 Å². The molecule has 0 amide bonds. The molecule has 0 bridgehead atoms. The van der Waals surface area contributed by atoms with E-state index in [0.29, 0.717) is 5.82 Å². The molecule has 2 heteroatoms. The van der Waals surface area contributed by atoms with Crippen molar-refractivity contribution in [3.05, 3.63) is 277 Å². The van der Waals surface area contributed by atoms with Gasteiger partial charge in [-0.15, -0.1) is 0 Å². The molecule has 65 heavy (non-hydrogen) atoms. The zero-order valence-electron chi connectivity index (χ0n) is 35.6. The number of nitrogens with zero attached hydrogens (tertiary/aromatic N) is 2. The minimum atomic E-state index is -0.511. The molecule has 1 aliphatic rings. The highest BCUT2D eigenvalue weighted by Gasteiger charge is 2.46. The van der Waals surface area contributed by atoms with Crippen molar-refractivity contribution in [2.24, 2.45) is 0 Å². The van der Waals surface area contributed by atoms with Gasteiger partial charge in [-0.05, 0) is 102 Å². The maximum atomic E-state index is 5.14. The van der Waals surface area contributed by atoms with Crippen molar-refractivity contribution in [3.63, 3.8) is 0 Å². The summed E-state index contributed by atoms with van der Waals surface area (Å²) in [5.74, 6) is 0.708. The van der Waals surface area contributed by atoms with Crippen LogP contribution in [0.25, 0.3) is 89.2 Å². The van der Waals surface area contributed by atoms with Gasteiger partial charge in [-0.3, -0.25) is 0 Å². The van der Waals surface area contributed by atoms with Crippen molar-refractivity contribution in [2.75, 3.05) is 0 Å². The molecule has 0 spiro atoms. The van der Waals surface area contributed by atoms with Gasteiger partial charge in [0.15, 0.2) is 5.82 Å². The molecule has 0 aliphatic heterocycles. The average molecular weight is 827 g/mol. The van der Waals surface area contributed by atoms with Crippen LogP contribution in [0, 0.1) is 0 Å². The number of aromatic nitrogens is 2. The van der Waals surface area contributed by atoms with E-state index >= 15 is 0 Å². The van der Waals surface area contributed by atoms with Crippen molar-refractivity contribution in [3.8, 4) is 78.4 Å². The van der Waals surface area contributed by atoms with Crippen molar-refractivity contribution in [2.45, 2.75) is 5.41 Å². The van der Waals surface area contributed by atoms with Crippen molar-refractivity contribution in [1.29, 1.82) is 0 Å². The summed E-state index contributed by atoms with van der Waals surface area (Å²) in [5.41, 5.74) is 19.1. The molecule has 1 heterocycles. The molecule has 0 atom stereocenters. The van der Waals surface area contributed by atoms with Crippen LogP contribution in [0.3, 0.4) is 0 Å². The summed E-state index contributed by atoms with van der Waals surface area (Å²) in [7, 11) is 0. The van der Waals surface area contributed by atoms with Crippen LogP contribution in [-0.2, 0) is 5.41 Å². The van der Waals surface area contributed by atoms with E-state index in [1.165, 1.54) is 60.8 Å². The second-order valence-corrected chi connectivity index (χ2v) is 16.8. The Balaban J connectivity index is 1.03. The Labute approximate surface area is 379 Å². The summed E-state index contributed by atoms with van der Waals surface area (Å²) in [6.07, 6.45) is 0. The minimum absolute atomic E-state index is 0.511. The van der Waals surface area contributed by atoms with Crippen molar-refractivity contribution in [1.82, 2.24) is 9.97 Å². The first-order valence-corrected chi connectivity index (χ1v) is 22.3. The molecule has 0 radical (unpaired) electrons. The smallest absolute Gasteiger partial charge is 0.160 e. The van der Waals surface area contributed by atoms with Crippen LogP contribution in [0.15, 0.2) is 255 Å². The Morgan fingerprint density at radius 3 is 1.51 bits per heavy atom. The lowest BCUT2D eigenvalue weighted by atomic mass is 9.67. The van der Waals surface area contributed by atoms with Gasteiger partial charge >= 0.3 is 0 Å². The number of hydrogen-bond acceptors (Lipinski definition) is 2. The normalized spacial score (nSPS) is 12.4. The predicted molar refractivity (Wildman–Crippen MR) is 269 cm³/mol. The molecular weight excluding hydrogens is 785 g/mol. The fourth-order valence-corrected chi connectivity index (χ4v) is 10.2. The summed E-state index contributed by atoms with van der Waals surface area (Å²) >= 11 is 0. The van der Waals surface area contributed by atoms with Crippen LogP contribution in [0.2, 0.25) is 0 Å². The molecule has 0 N–H and O–H groups in total. The van der Waals surface area contributed by atoms with Gasteiger partial charge < -0.3 is 0 Å². The third kappa shape index (κ3) is 6.58. The van der Waals surface area contributed by atoms with Crippen LogP contribution in [0.5, 0.6) is 0 Å². The van der Waals surface area contributed by atoms with Gasteiger partial charge in [0.25, 0.3) is 0 Å². The van der Waals surface area contributed by atoms with E-state index in [1.807, 2.05) is 24.3 Å². The molecule has 11 aromatic rings. The molecule has 304 valence electrons. The highest BCUT2D eigenvalue weighted by molar-refractivity contribution is 6.03. The molecule has 2 nitrogen and oxygen atoms in total. The number of fused-ring (bicyclic) bond motifs is 4. The summed E-state index contributed by atoms with van der Waals surface area (Å²) in [5, 5.41) is 2.47. The average Bonchev–Trinajstić information content (AvgIpc) is 3.69. The lowest BCUT2D eigenvalue weighted by Gasteiger charge is -2.34. The fraction of sp³-hybridized carbons (Fsp3) is 0.0159. The Kier molecular flexibility index (Phi) is 9.43. The summed E-state index contributed by atoms with van der Waals surface area (Å²) in [6.45, 7) is 0. The summed E-state index contributed by atoms with van der Waals surface area (Å²) in [4.78, 5) is 10.2. The lowest BCUT2D eigenvalue weighted by Crippen LogP contribution is -2.28. The van der Waals surface area contributed by atoms with Gasteiger partial charge in [-0.2, -0.15) is 0 Å².